The van der Waals surface area contributed by atoms with E-state index in [9.17, 15) is 0 Å². The summed E-state index contributed by atoms with van der Waals surface area (Å²) in [6.45, 7) is 3.92. The van der Waals surface area contributed by atoms with Gasteiger partial charge in [0.15, 0.2) is 11.5 Å². The molecule has 0 saturated heterocycles. The van der Waals surface area contributed by atoms with Gasteiger partial charge in [-0.1, -0.05) is 36.9 Å². The van der Waals surface area contributed by atoms with Gasteiger partial charge in [-0.2, -0.15) is 0 Å². The first-order valence-corrected chi connectivity index (χ1v) is 8.51. The predicted octanol–water partition coefficient (Wildman–Crippen LogP) is 5.07. The molecule has 0 radical (unpaired) electrons. The fraction of sp³-hybridized carbons (Fsp3) is 0.200. The Balaban J connectivity index is 2.25. The summed E-state index contributed by atoms with van der Waals surface area (Å²) in [5.41, 5.74) is 2.10. The number of rotatable bonds is 8. The van der Waals surface area contributed by atoms with Crippen molar-refractivity contribution >= 4 is 17.8 Å². The van der Waals surface area contributed by atoms with Gasteiger partial charge in [0.05, 0.1) is 21.3 Å². The Morgan fingerprint density at radius 1 is 1.00 bits per heavy atom. The van der Waals surface area contributed by atoms with Crippen LogP contribution in [0.4, 0.5) is 0 Å². The SMILES string of the molecule is C=C/C(=C\c1cc(OC)c(OC)c(OC)c1)CSc1ccccc1. The minimum Gasteiger partial charge on any atom is -0.493 e. The molecule has 3 nitrogen and oxygen atoms in total. The summed E-state index contributed by atoms with van der Waals surface area (Å²) in [5.74, 6) is 2.71. The van der Waals surface area contributed by atoms with Crippen LogP contribution in [0.25, 0.3) is 6.08 Å². The van der Waals surface area contributed by atoms with Crippen molar-refractivity contribution in [2.24, 2.45) is 0 Å². The summed E-state index contributed by atoms with van der Waals surface area (Å²) in [6.07, 6.45) is 3.95. The maximum Gasteiger partial charge on any atom is 0.203 e. The normalized spacial score (nSPS) is 11.0. The highest BCUT2D eigenvalue weighted by molar-refractivity contribution is 7.99. The molecule has 24 heavy (non-hydrogen) atoms. The molecule has 2 rings (SSSR count). The Bertz CT molecular complexity index is 683. The minimum absolute atomic E-state index is 0.593. The second-order valence-electron chi connectivity index (χ2n) is 4.98. The third kappa shape index (κ3) is 4.59. The van der Waals surface area contributed by atoms with Crippen molar-refractivity contribution in [2.75, 3.05) is 27.1 Å². The van der Waals surface area contributed by atoms with Crippen molar-refractivity contribution in [3.05, 3.63) is 66.3 Å². The lowest BCUT2D eigenvalue weighted by atomic mass is 10.1. The van der Waals surface area contributed by atoms with Crippen LogP contribution >= 0.6 is 11.8 Å². The molecule has 2 aromatic rings. The quantitative estimate of drug-likeness (QED) is 0.494. The molecule has 0 aliphatic carbocycles. The summed E-state index contributed by atoms with van der Waals surface area (Å²) in [6, 6.07) is 14.2. The Kier molecular flexibility index (Phi) is 6.82. The van der Waals surface area contributed by atoms with Gasteiger partial charge in [0, 0.05) is 10.6 Å². The van der Waals surface area contributed by atoms with Gasteiger partial charge < -0.3 is 14.2 Å². The summed E-state index contributed by atoms with van der Waals surface area (Å²) in [5, 5.41) is 0. The molecule has 0 N–H and O–H groups in total. The van der Waals surface area contributed by atoms with E-state index in [1.807, 2.05) is 36.4 Å². The Hall–Kier alpha value is -2.33. The summed E-state index contributed by atoms with van der Waals surface area (Å²) < 4.78 is 16.2. The van der Waals surface area contributed by atoms with E-state index in [1.54, 1.807) is 33.1 Å². The number of methoxy groups -OCH3 is 3. The zero-order chi connectivity index (χ0) is 17.4. The topological polar surface area (TPSA) is 27.7 Å². The smallest absolute Gasteiger partial charge is 0.203 e. The van der Waals surface area contributed by atoms with Crippen LogP contribution < -0.4 is 14.2 Å². The van der Waals surface area contributed by atoms with Crippen LogP contribution in [0.5, 0.6) is 17.2 Å². The van der Waals surface area contributed by atoms with E-state index < -0.39 is 0 Å². The van der Waals surface area contributed by atoms with E-state index in [2.05, 4.69) is 24.8 Å². The van der Waals surface area contributed by atoms with E-state index in [-0.39, 0.29) is 0 Å². The molecule has 0 heterocycles. The van der Waals surface area contributed by atoms with Crippen LogP contribution in [0.1, 0.15) is 5.56 Å². The fourth-order valence-corrected chi connectivity index (χ4v) is 3.13. The van der Waals surface area contributed by atoms with Gasteiger partial charge in [-0.15, -0.1) is 11.8 Å². The van der Waals surface area contributed by atoms with E-state index >= 15 is 0 Å². The Morgan fingerprint density at radius 2 is 1.62 bits per heavy atom. The zero-order valence-electron chi connectivity index (χ0n) is 14.2. The maximum absolute atomic E-state index is 5.40. The largest absolute Gasteiger partial charge is 0.493 e. The van der Waals surface area contributed by atoms with Gasteiger partial charge in [-0.3, -0.25) is 0 Å². The van der Waals surface area contributed by atoms with Gasteiger partial charge in [-0.05, 0) is 35.4 Å². The number of thioether (sulfide) groups is 1. The molecular weight excluding hydrogens is 320 g/mol. The summed E-state index contributed by atoms with van der Waals surface area (Å²) in [7, 11) is 4.83. The lowest BCUT2D eigenvalue weighted by molar-refractivity contribution is 0.324. The highest BCUT2D eigenvalue weighted by atomic mass is 32.2. The summed E-state index contributed by atoms with van der Waals surface area (Å²) in [4.78, 5) is 1.23. The average molecular weight is 342 g/mol. The Labute approximate surface area is 147 Å². The first kappa shape index (κ1) is 18.0. The molecule has 0 aliphatic rings. The van der Waals surface area contributed by atoms with Crippen molar-refractivity contribution in [1.82, 2.24) is 0 Å². The van der Waals surface area contributed by atoms with Crippen molar-refractivity contribution in [3.63, 3.8) is 0 Å². The maximum atomic E-state index is 5.40. The molecule has 0 aliphatic heterocycles. The predicted molar refractivity (Wildman–Crippen MR) is 101 cm³/mol. The number of ether oxygens (including phenoxy) is 3. The second kappa shape index (κ2) is 9.08. The molecular formula is C20H22O3S. The molecule has 0 bridgehead atoms. The zero-order valence-corrected chi connectivity index (χ0v) is 15.1. The number of hydrogen-bond acceptors (Lipinski definition) is 4. The lowest BCUT2D eigenvalue weighted by Gasteiger charge is -2.13. The number of allylic oxidation sites excluding steroid dienone is 1. The van der Waals surface area contributed by atoms with Crippen molar-refractivity contribution in [2.45, 2.75) is 4.90 Å². The van der Waals surface area contributed by atoms with Gasteiger partial charge in [0.1, 0.15) is 0 Å². The average Bonchev–Trinajstić information content (AvgIpc) is 2.64. The molecule has 0 spiro atoms. The standard InChI is InChI=1S/C20H22O3S/c1-5-15(14-24-17-9-7-6-8-10-17)11-16-12-18(21-2)20(23-4)19(13-16)22-3/h5-13H,1,14H2,2-4H3/b15-11+. The van der Waals surface area contributed by atoms with Crippen molar-refractivity contribution in [1.29, 1.82) is 0 Å². The first-order valence-electron chi connectivity index (χ1n) is 7.52. The highest BCUT2D eigenvalue weighted by Gasteiger charge is 2.12. The Morgan fingerprint density at radius 3 is 2.12 bits per heavy atom. The molecule has 126 valence electrons. The molecule has 0 saturated carbocycles. The second-order valence-corrected chi connectivity index (χ2v) is 6.03. The van der Waals surface area contributed by atoms with Gasteiger partial charge in [0.2, 0.25) is 5.75 Å². The number of benzene rings is 2. The van der Waals surface area contributed by atoms with Crippen LogP contribution in [0.15, 0.2) is 65.6 Å². The van der Waals surface area contributed by atoms with E-state index in [0.717, 1.165) is 16.9 Å². The molecule has 2 aromatic carbocycles. The van der Waals surface area contributed by atoms with E-state index in [1.165, 1.54) is 4.90 Å². The van der Waals surface area contributed by atoms with Crippen molar-refractivity contribution < 1.29 is 14.2 Å². The summed E-state index contributed by atoms with van der Waals surface area (Å²) >= 11 is 1.77. The molecule has 0 amide bonds. The monoisotopic (exact) mass is 342 g/mol. The third-order valence-corrected chi connectivity index (χ3v) is 4.53. The highest BCUT2D eigenvalue weighted by Crippen LogP contribution is 2.38. The van der Waals surface area contributed by atoms with Crippen LogP contribution in [0.2, 0.25) is 0 Å². The first-order chi connectivity index (χ1) is 11.7. The minimum atomic E-state index is 0.593. The van der Waals surface area contributed by atoms with Gasteiger partial charge >= 0.3 is 0 Å². The molecule has 4 heteroatoms. The van der Waals surface area contributed by atoms with Gasteiger partial charge in [0.25, 0.3) is 0 Å². The van der Waals surface area contributed by atoms with Gasteiger partial charge in [-0.25, -0.2) is 0 Å². The van der Waals surface area contributed by atoms with Crippen LogP contribution in [0, 0.1) is 0 Å². The third-order valence-electron chi connectivity index (χ3n) is 3.45. The molecule has 0 unspecified atom stereocenters. The van der Waals surface area contributed by atoms with Crippen LogP contribution in [-0.4, -0.2) is 27.1 Å². The fourth-order valence-electron chi connectivity index (χ4n) is 2.24. The van der Waals surface area contributed by atoms with E-state index in [4.69, 9.17) is 14.2 Å². The molecule has 0 aromatic heterocycles. The molecule has 0 atom stereocenters. The van der Waals surface area contributed by atoms with Crippen molar-refractivity contribution in [3.8, 4) is 17.2 Å². The lowest BCUT2D eigenvalue weighted by Crippen LogP contribution is -1.96. The van der Waals surface area contributed by atoms with E-state index in [0.29, 0.717) is 17.2 Å². The van der Waals surface area contributed by atoms with Crippen LogP contribution in [0.3, 0.4) is 0 Å². The van der Waals surface area contributed by atoms with Crippen LogP contribution in [-0.2, 0) is 0 Å². The molecule has 0 fully saturated rings. The number of hydrogen-bond donors (Lipinski definition) is 0.